The van der Waals surface area contributed by atoms with E-state index in [0.717, 1.165) is 0 Å². The predicted octanol–water partition coefficient (Wildman–Crippen LogP) is 2.90. The number of halogens is 3. The van der Waals surface area contributed by atoms with Crippen molar-refractivity contribution in [2.75, 3.05) is 0 Å². The summed E-state index contributed by atoms with van der Waals surface area (Å²) < 4.78 is 3.74. The molecule has 0 aromatic heterocycles. The van der Waals surface area contributed by atoms with Crippen molar-refractivity contribution in [2.45, 2.75) is 9.25 Å². The van der Waals surface area contributed by atoms with E-state index in [2.05, 4.69) is 54.4 Å². The number of rotatable bonds is 1. The molecule has 0 amide bonds. The van der Waals surface area contributed by atoms with E-state index in [0.29, 0.717) is 5.57 Å². The molecule has 0 atom stereocenters. The Balaban J connectivity index is 3.93. The zero-order valence-electron chi connectivity index (χ0n) is 5.16. The highest BCUT2D eigenvalue weighted by molar-refractivity contribution is 9.39. The molecule has 0 bridgehead atoms. The molecule has 0 saturated carbocycles. The minimum Gasteiger partial charge on any atom is -0.424 e. The molecule has 0 N–H and O–H groups in total. The molecule has 0 heterocycles. The molecule has 0 unspecified atom stereocenters. The van der Waals surface area contributed by atoms with Crippen LogP contribution < -0.4 is 0 Å². The molecule has 0 aromatic carbocycles. The van der Waals surface area contributed by atoms with Gasteiger partial charge in [0.1, 0.15) is 0 Å². The highest BCUT2D eigenvalue weighted by atomic mass is 80.0. The largest absolute Gasteiger partial charge is 0.424 e. The number of carbonyl (C=O) groups is 1. The van der Waals surface area contributed by atoms with Crippen LogP contribution in [-0.4, -0.2) is 8.30 Å². The van der Waals surface area contributed by atoms with E-state index in [4.69, 9.17) is 4.74 Å². The Kier molecular flexibility index (Phi) is 4.13. The number of hydrogen-bond acceptors (Lipinski definition) is 2. The van der Waals surface area contributed by atoms with E-state index >= 15 is 0 Å². The van der Waals surface area contributed by atoms with Crippen LogP contribution in [0, 0.1) is 0 Å². The average Bonchev–Trinajstić information content (AvgIpc) is 1.60. The first-order valence-electron chi connectivity index (χ1n) is 2.28. The average molecular weight is 337 g/mol. The van der Waals surface area contributed by atoms with Crippen molar-refractivity contribution in [3.8, 4) is 0 Å². The normalized spacial score (nSPS) is 10.8. The Labute approximate surface area is 84.4 Å². The maximum atomic E-state index is 10.7. The third-order valence-electron chi connectivity index (χ3n) is 0.557. The van der Waals surface area contributed by atoms with Gasteiger partial charge in [-0.15, -0.1) is 0 Å². The van der Waals surface area contributed by atoms with Crippen molar-refractivity contribution in [1.29, 1.82) is 0 Å². The lowest BCUT2D eigenvalue weighted by atomic mass is 10.4. The summed E-state index contributed by atoms with van der Waals surface area (Å²) in [5, 5.41) is 0. The summed E-state index contributed by atoms with van der Waals surface area (Å²) in [6, 6.07) is 0. The molecule has 0 aliphatic rings. The van der Waals surface area contributed by atoms with E-state index in [1.165, 1.54) is 0 Å². The SMILES string of the molecule is C=C(C)C(=O)OC(Br)(Br)Br. The van der Waals surface area contributed by atoms with Gasteiger partial charge in [0.15, 0.2) is 0 Å². The fourth-order valence-corrected chi connectivity index (χ4v) is 0.633. The minimum absolute atomic E-state index is 0.350. The number of hydrogen-bond donors (Lipinski definition) is 0. The molecular formula is C5H5Br3O2. The maximum Gasteiger partial charge on any atom is 0.335 e. The van der Waals surface area contributed by atoms with Crippen LogP contribution in [0.2, 0.25) is 0 Å². The highest BCUT2D eigenvalue weighted by Gasteiger charge is 2.22. The lowest BCUT2D eigenvalue weighted by Crippen LogP contribution is -2.14. The van der Waals surface area contributed by atoms with Gasteiger partial charge in [-0.3, -0.25) is 0 Å². The molecule has 5 heteroatoms. The Morgan fingerprint density at radius 1 is 1.50 bits per heavy atom. The quantitative estimate of drug-likeness (QED) is 0.418. The number of alkyl halides is 3. The molecule has 0 radical (unpaired) electrons. The lowest BCUT2D eigenvalue weighted by molar-refractivity contribution is -0.138. The first-order chi connectivity index (χ1) is 4.33. The summed E-state index contributed by atoms with van der Waals surface area (Å²) in [6.45, 7) is 4.97. The van der Waals surface area contributed by atoms with Crippen molar-refractivity contribution in [2.24, 2.45) is 0 Å². The van der Waals surface area contributed by atoms with Crippen molar-refractivity contribution in [3.05, 3.63) is 12.2 Å². The van der Waals surface area contributed by atoms with Gasteiger partial charge < -0.3 is 4.74 Å². The Morgan fingerprint density at radius 2 is 1.90 bits per heavy atom. The lowest BCUT2D eigenvalue weighted by Gasteiger charge is -2.12. The van der Waals surface area contributed by atoms with Crippen LogP contribution in [0.25, 0.3) is 0 Å². The summed E-state index contributed by atoms with van der Waals surface area (Å²) in [5.41, 5.74) is 0.350. The van der Waals surface area contributed by atoms with Gasteiger partial charge in [-0.1, -0.05) is 6.58 Å². The van der Waals surface area contributed by atoms with E-state index in [9.17, 15) is 4.79 Å². The molecule has 0 spiro atoms. The van der Waals surface area contributed by atoms with Gasteiger partial charge in [-0.2, -0.15) is 0 Å². The van der Waals surface area contributed by atoms with Crippen LogP contribution in [0.1, 0.15) is 6.92 Å². The van der Waals surface area contributed by atoms with Gasteiger partial charge in [-0.05, 0) is 54.7 Å². The second-order valence-electron chi connectivity index (χ2n) is 1.62. The fraction of sp³-hybridized carbons (Fsp3) is 0.400. The number of ether oxygens (including phenoxy) is 1. The number of carbonyl (C=O) groups excluding carboxylic acids is 1. The standard InChI is InChI=1S/C5H5Br3O2/c1-3(2)4(9)10-5(6,7)8/h1H2,2H3. The van der Waals surface area contributed by atoms with E-state index in [-0.39, 0.29) is 0 Å². The van der Waals surface area contributed by atoms with Crippen LogP contribution in [0.5, 0.6) is 0 Å². The number of esters is 1. The summed E-state index contributed by atoms with van der Waals surface area (Å²) in [5.74, 6) is -0.467. The molecule has 0 fully saturated rings. The molecule has 10 heavy (non-hydrogen) atoms. The maximum absolute atomic E-state index is 10.7. The van der Waals surface area contributed by atoms with Crippen LogP contribution in [0.3, 0.4) is 0 Å². The van der Waals surface area contributed by atoms with Crippen molar-refractivity contribution >= 4 is 53.8 Å². The first kappa shape index (κ1) is 10.7. The molecule has 0 aliphatic carbocycles. The Hall–Kier alpha value is 0.650. The van der Waals surface area contributed by atoms with Gasteiger partial charge >= 0.3 is 5.97 Å². The summed E-state index contributed by atoms with van der Waals surface area (Å²) >= 11 is 8.99. The monoisotopic (exact) mass is 334 g/mol. The highest BCUT2D eigenvalue weighted by Crippen LogP contribution is 2.35. The Morgan fingerprint density at radius 3 is 2.00 bits per heavy atom. The first-order valence-corrected chi connectivity index (χ1v) is 4.66. The summed E-state index contributed by atoms with van der Waals surface area (Å²) in [6.07, 6.45) is 0. The smallest absolute Gasteiger partial charge is 0.335 e. The van der Waals surface area contributed by atoms with Crippen LogP contribution in [0.15, 0.2) is 12.2 Å². The third-order valence-corrected chi connectivity index (χ3v) is 1.04. The molecule has 0 aromatic rings. The van der Waals surface area contributed by atoms with Crippen molar-refractivity contribution in [1.82, 2.24) is 0 Å². The Bertz CT molecular complexity index is 159. The van der Waals surface area contributed by atoms with Crippen molar-refractivity contribution in [3.63, 3.8) is 0 Å². The van der Waals surface area contributed by atoms with Crippen LogP contribution in [0.4, 0.5) is 0 Å². The van der Waals surface area contributed by atoms with Gasteiger partial charge in [-0.25, -0.2) is 4.79 Å². The zero-order chi connectivity index (χ0) is 8.36. The van der Waals surface area contributed by atoms with Crippen molar-refractivity contribution < 1.29 is 9.53 Å². The molecular weight excluding hydrogens is 332 g/mol. The second kappa shape index (κ2) is 3.88. The van der Waals surface area contributed by atoms with E-state index < -0.39 is 8.30 Å². The molecule has 0 aliphatic heterocycles. The van der Waals surface area contributed by atoms with Gasteiger partial charge in [0.2, 0.25) is 0 Å². The summed E-state index contributed by atoms with van der Waals surface area (Å²) in [7, 11) is 0. The van der Waals surface area contributed by atoms with E-state index in [1.807, 2.05) is 0 Å². The molecule has 58 valence electrons. The van der Waals surface area contributed by atoms with Gasteiger partial charge in [0.05, 0.1) is 0 Å². The van der Waals surface area contributed by atoms with Gasteiger partial charge in [0.25, 0.3) is 2.33 Å². The molecule has 0 saturated heterocycles. The fourth-order valence-electron chi connectivity index (χ4n) is 0.192. The molecule has 0 rings (SSSR count). The minimum atomic E-state index is -0.969. The van der Waals surface area contributed by atoms with Gasteiger partial charge in [0, 0.05) is 5.57 Å². The predicted molar refractivity (Wildman–Crippen MR) is 50.4 cm³/mol. The van der Waals surface area contributed by atoms with E-state index in [1.54, 1.807) is 6.92 Å². The molecule has 2 nitrogen and oxygen atoms in total. The topological polar surface area (TPSA) is 26.3 Å². The zero-order valence-corrected chi connectivity index (χ0v) is 9.92. The third kappa shape index (κ3) is 5.44. The summed E-state index contributed by atoms with van der Waals surface area (Å²) in [4.78, 5) is 10.7. The second-order valence-corrected chi connectivity index (χ2v) is 8.16. The van der Waals surface area contributed by atoms with Crippen LogP contribution in [-0.2, 0) is 9.53 Å². The van der Waals surface area contributed by atoms with Crippen LogP contribution >= 0.6 is 47.8 Å².